The molecule has 0 spiro atoms. The first-order valence-corrected chi connectivity index (χ1v) is 5.48. The Kier molecular flexibility index (Phi) is 5.05. The second-order valence-corrected chi connectivity index (χ2v) is 3.62. The van der Waals surface area contributed by atoms with Crippen molar-refractivity contribution in [2.75, 3.05) is 6.54 Å². The maximum atomic E-state index is 13.4. The van der Waals surface area contributed by atoms with Gasteiger partial charge < -0.3 is 10.0 Å². The molecule has 0 radical (unpaired) electrons. The molecule has 18 heavy (non-hydrogen) atoms. The Bertz CT molecular complexity index is 471. The van der Waals surface area contributed by atoms with Gasteiger partial charge in [-0.1, -0.05) is 18.2 Å². The highest BCUT2D eigenvalue weighted by molar-refractivity contribution is 5.93. The largest absolute Gasteiger partial charge is 0.478 e. The molecule has 0 bridgehead atoms. The monoisotopic (exact) mass is 251 g/mol. The Morgan fingerprint density at radius 3 is 2.56 bits per heavy atom. The number of aliphatic carboxylic acids is 1. The van der Waals surface area contributed by atoms with Gasteiger partial charge >= 0.3 is 5.97 Å². The number of rotatable bonds is 5. The highest BCUT2D eigenvalue weighted by Gasteiger charge is 2.11. The number of hydrogen-bond acceptors (Lipinski definition) is 2. The predicted octanol–water partition coefficient (Wildman–Crippen LogP) is 1.81. The van der Waals surface area contributed by atoms with E-state index in [0.717, 1.165) is 12.2 Å². The standard InChI is InChI=1S/C13H14FNO3/c1-2-15(12(16)7-8-13(17)18)9-10-5-3-4-6-11(10)14/h3-8H,2,9H2,1H3,(H,17,18)/b8-7+. The molecule has 0 saturated heterocycles. The third-order valence-electron chi connectivity index (χ3n) is 2.38. The first kappa shape index (κ1) is 13.9. The Morgan fingerprint density at radius 1 is 1.33 bits per heavy atom. The van der Waals surface area contributed by atoms with Gasteiger partial charge in [0.1, 0.15) is 5.82 Å². The minimum Gasteiger partial charge on any atom is -0.478 e. The minimum atomic E-state index is -1.19. The Morgan fingerprint density at radius 2 is 2.00 bits per heavy atom. The molecule has 1 aromatic rings. The molecule has 0 fully saturated rings. The summed E-state index contributed by atoms with van der Waals surface area (Å²) in [7, 11) is 0. The third kappa shape index (κ3) is 4.01. The average Bonchev–Trinajstić information content (AvgIpc) is 2.35. The highest BCUT2D eigenvalue weighted by Crippen LogP contribution is 2.10. The van der Waals surface area contributed by atoms with Crippen molar-refractivity contribution in [2.45, 2.75) is 13.5 Å². The summed E-state index contributed by atoms with van der Waals surface area (Å²) in [6.45, 7) is 2.23. The molecule has 4 nitrogen and oxygen atoms in total. The molecule has 0 aromatic heterocycles. The average molecular weight is 251 g/mol. The van der Waals surface area contributed by atoms with Gasteiger partial charge in [0.2, 0.25) is 5.91 Å². The number of likely N-dealkylation sites (N-methyl/N-ethyl adjacent to an activating group) is 1. The number of carboxylic acid groups (broad SMARTS) is 1. The summed E-state index contributed by atoms with van der Waals surface area (Å²) in [6, 6.07) is 6.16. The van der Waals surface area contributed by atoms with E-state index in [9.17, 15) is 14.0 Å². The lowest BCUT2D eigenvalue weighted by molar-refractivity contribution is -0.132. The SMILES string of the molecule is CCN(Cc1ccccc1F)C(=O)/C=C/C(=O)O. The van der Waals surface area contributed by atoms with Crippen LogP contribution in [0.25, 0.3) is 0 Å². The number of benzene rings is 1. The summed E-state index contributed by atoms with van der Waals surface area (Å²) in [5.74, 6) is -2.03. The highest BCUT2D eigenvalue weighted by atomic mass is 19.1. The summed E-state index contributed by atoms with van der Waals surface area (Å²) in [6.07, 6.45) is 1.74. The fourth-order valence-corrected chi connectivity index (χ4v) is 1.43. The first-order valence-electron chi connectivity index (χ1n) is 5.48. The zero-order valence-electron chi connectivity index (χ0n) is 9.97. The predicted molar refractivity (Wildman–Crippen MR) is 64.3 cm³/mol. The quantitative estimate of drug-likeness (QED) is 0.812. The zero-order valence-corrected chi connectivity index (χ0v) is 9.97. The number of amides is 1. The van der Waals surface area contributed by atoms with Crippen molar-refractivity contribution in [2.24, 2.45) is 0 Å². The molecule has 0 atom stereocenters. The molecular weight excluding hydrogens is 237 g/mol. The molecule has 1 N–H and O–H groups in total. The second kappa shape index (κ2) is 6.54. The Hall–Kier alpha value is -2.17. The van der Waals surface area contributed by atoms with E-state index < -0.39 is 11.9 Å². The van der Waals surface area contributed by atoms with Crippen LogP contribution in [-0.4, -0.2) is 28.4 Å². The topological polar surface area (TPSA) is 57.6 Å². The number of carbonyl (C=O) groups excluding carboxylic acids is 1. The van der Waals surface area contributed by atoms with Gasteiger partial charge in [-0.3, -0.25) is 4.79 Å². The fraction of sp³-hybridized carbons (Fsp3) is 0.231. The van der Waals surface area contributed by atoms with E-state index >= 15 is 0 Å². The molecule has 0 aliphatic rings. The van der Waals surface area contributed by atoms with Crippen LogP contribution < -0.4 is 0 Å². The Balaban J connectivity index is 2.76. The fourth-order valence-electron chi connectivity index (χ4n) is 1.43. The van der Waals surface area contributed by atoms with E-state index in [4.69, 9.17) is 5.11 Å². The van der Waals surface area contributed by atoms with Gasteiger partial charge in [0, 0.05) is 30.8 Å². The van der Waals surface area contributed by atoms with Gasteiger partial charge in [-0.25, -0.2) is 9.18 Å². The molecule has 1 amide bonds. The van der Waals surface area contributed by atoms with Crippen LogP contribution in [0.4, 0.5) is 4.39 Å². The van der Waals surface area contributed by atoms with Crippen molar-refractivity contribution in [3.05, 3.63) is 47.8 Å². The lowest BCUT2D eigenvalue weighted by atomic mass is 10.2. The number of carbonyl (C=O) groups is 2. The molecule has 1 aromatic carbocycles. The summed E-state index contributed by atoms with van der Waals surface area (Å²) in [5.41, 5.74) is 0.399. The van der Waals surface area contributed by atoms with Crippen molar-refractivity contribution in [3.8, 4) is 0 Å². The van der Waals surface area contributed by atoms with E-state index in [1.54, 1.807) is 25.1 Å². The van der Waals surface area contributed by atoms with E-state index in [-0.39, 0.29) is 12.4 Å². The third-order valence-corrected chi connectivity index (χ3v) is 2.38. The van der Waals surface area contributed by atoms with Crippen LogP contribution in [0.2, 0.25) is 0 Å². The van der Waals surface area contributed by atoms with Crippen LogP contribution >= 0.6 is 0 Å². The molecule has 1 rings (SSSR count). The van der Waals surface area contributed by atoms with Gasteiger partial charge in [-0.15, -0.1) is 0 Å². The van der Waals surface area contributed by atoms with Gasteiger partial charge in [0.05, 0.1) is 0 Å². The molecule has 0 aliphatic heterocycles. The van der Waals surface area contributed by atoms with Crippen LogP contribution in [0.1, 0.15) is 12.5 Å². The van der Waals surface area contributed by atoms with Gasteiger partial charge in [0.25, 0.3) is 0 Å². The van der Waals surface area contributed by atoms with Crippen LogP contribution in [0, 0.1) is 5.82 Å². The summed E-state index contributed by atoms with van der Waals surface area (Å²) in [4.78, 5) is 23.3. The minimum absolute atomic E-state index is 0.117. The van der Waals surface area contributed by atoms with Crippen molar-refractivity contribution >= 4 is 11.9 Å². The number of halogens is 1. The van der Waals surface area contributed by atoms with E-state index in [1.807, 2.05) is 0 Å². The number of carboxylic acids is 1. The zero-order chi connectivity index (χ0) is 13.5. The maximum Gasteiger partial charge on any atom is 0.328 e. The van der Waals surface area contributed by atoms with Crippen molar-refractivity contribution < 1.29 is 19.1 Å². The number of nitrogens with zero attached hydrogens (tertiary/aromatic N) is 1. The molecule has 0 heterocycles. The Labute approximate surface area is 104 Å². The van der Waals surface area contributed by atoms with Crippen LogP contribution in [0.3, 0.4) is 0 Å². The summed E-state index contributed by atoms with van der Waals surface area (Å²) < 4.78 is 13.4. The number of hydrogen-bond donors (Lipinski definition) is 1. The summed E-state index contributed by atoms with van der Waals surface area (Å²) in [5, 5.41) is 8.43. The molecule has 0 saturated carbocycles. The normalized spacial score (nSPS) is 10.6. The lowest BCUT2D eigenvalue weighted by Crippen LogP contribution is -2.29. The van der Waals surface area contributed by atoms with Crippen molar-refractivity contribution in [3.63, 3.8) is 0 Å². The van der Waals surface area contributed by atoms with Crippen LogP contribution in [0.5, 0.6) is 0 Å². The molecular formula is C13H14FNO3. The second-order valence-electron chi connectivity index (χ2n) is 3.62. The lowest BCUT2D eigenvalue weighted by Gasteiger charge is -2.19. The smallest absolute Gasteiger partial charge is 0.328 e. The van der Waals surface area contributed by atoms with E-state index in [0.29, 0.717) is 12.1 Å². The first-order chi connectivity index (χ1) is 8.54. The van der Waals surface area contributed by atoms with E-state index in [1.165, 1.54) is 11.0 Å². The summed E-state index contributed by atoms with van der Waals surface area (Å²) >= 11 is 0. The van der Waals surface area contributed by atoms with Crippen molar-refractivity contribution in [1.29, 1.82) is 0 Å². The molecule has 5 heteroatoms. The van der Waals surface area contributed by atoms with Gasteiger partial charge in [-0.05, 0) is 13.0 Å². The van der Waals surface area contributed by atoms with Crippen LogP contribution in [-0.2, 0) is 16.1 Å². The van der Waals surface area contributed by atoms with E-state index in [2.05, 4.69) is 0 Å². The van der Waals surface area contributed by atoms with Gasteiger partial charge in [-0.2, -0.15) is 0 Å². The molecule has 0 unspecified atom stereocenters. The van der Waals surface area contributed by atoms with Crippen molar-refractivity contribution in [1.82, 2.24) is 4.90 Å². The maximum absolute atomic E-state index is 13.4. The molecule has 96 valence electrons. The van der Waals surface area contributed by atoms with Crippen LogP contribution in [0.15, 0.2) is 36.4 Å². The van der Waals surface area contributed by atoms with Gasteiger partial charge in [0.15, 0.2) is 0 Å². The molecule has 0 aliphatic carbocycles.